The maximum atomic E-state index is 14.2. The van der Waals surface area contributed by atoms with Crippen molar-refractivity contribution in [1.82, 2.24) is 20.0 Å². The van der Waals surface area contributed by atoms with Crippen molar-refractivity contribution >= 4 is 46.8 Å². The highest BCUT2D eigenvalue weighted by Crippen LogP contribution is 2.30. The van der Waals surface area contributed by atoms with Crippen LogP contribution in [0.15, 0.2) is 140 Å². The van der Waals surface area contributed by atoms with Gasteiger partial charge in [-0.05, 0) is 97.4 Å². The fourth-order valence-corrected chi connectivity index (χ4v) is 8.93. The smallest absolute Gasteiger partial charge is 0.407 e. The number of methoxy groups -OCH3 is 1. The SMILES string of the molecule is CCN(CC)[C@@H](C(=O)N1CCC[C@H]1C(=O)Nc1ccc(CN(Cc2ccc(NC(=O)[C@@H]3CCCN3C(=O)[C@H](NC(=O)OC)c3ccccc3)cc2)c2ccccc2)cc1)c1ccccc1. The number of likely N-dealkylation sites (N-methyl/N-ethyl adjacent to an activating group) is 1. The molecule has 4 atom stereocenters. The van der Waals surface area contributed by atoms with Crippen LogP contribution in [0.25, 0.3) is 0 Å². The molecule has 2 fully saturated rings. The Morgan fingerprint density at radius 2 is 1.05 bits per heavy atom. The summed E-state index contributed by atoms with van der Waals surface area (Å²) in [6.07, 6.45) is 1.81. The molecule has 2 heterocycles. The lowest BCUT2D eigenvalue weighted by Gasteiger charge is -2.34. The number of amides is 5. The Morgan fingerprint density at radius 1 is 0.600 bits per heavy atom. The molecule has 5 amide bonds. The van der Waals surface area contributed by atoms with E-state index in [1.807, 2.05) is 103 Å². The van der Waals surface area contributed by atoms with Crippen molar-refractivity contribution in [1.29, 1.82) is 0 Å². The molecule has 0 bridgehead atoms. The van der Waals surface area contributed by atoms with Crippen molar-refractivity contribution in [3.8, 4) is 0 Å². The normalized spacial score (nSPS) is 16.7. The van der Waals surface area contributed by atoms with Crippen molar-refractivity contribution < 1.29 is 28.7 Å². The molecule has 0 aliphatic carbocycles. The van der Waals surface area contributed by atoms with E-state index in [9.17, 15) is 24.0 Å². The van der Waals surface area contributed by atoms with E-state index in [0.717, 1.165) is 41.9 Å². The highest BCUT2D eigenvalue weighted by atomic mass is 16.5. The number of benzene rings is 5. The Labute approximate surface area is 381 Å². The number of likely N-dealkylation sites (tertiary alicyclic amines) is 2. The standard InChI is InChI=1S/C52H59N7O6/c1-4-56(5-2)47(40-19-11-7-12-20-40)51(63)59-34-16-24-45(59)49(61)54-42-31-27-38(28-32-42)36-57(43-21-13-8-14-22-43)35-37-25-29-41(30-26-37)53-48(60)44-23-15-33-58(44)50(62)46(55-52(64)65-3)39-17-9-6-10-18-39/h6-14,17-22,25-32,44-47H,4-5,15-16,23-24,33-36H2,1-3H3,(H,53,60)(H,54,61)(H,55,64)/t44-,45-,46+,47+/m0/s1. The molecule has 0 unspecified atom stereocenters. The molecule has 2 aliphatic rings. The molecule has 0 saturated carbocycles. The predicted molar refractivity (Wildman–Crippen MR) is 253 cm³/mol. The van der Waals surface area contributed by atoms with E-state index in [2.05, 4.69) is 51.7 Å². The van der Waals surface area contributed by atoms with E-state index in [1.54, 1.807) is 29.2 Å². The lowest BCUT2D eigenvalue weighted by atomic mass is 10.0. The van der Waals surface area contributed by atoms with E-state index in [1.165, 1.54) is 12.0 Å². The van der Waals surface area contributed by atoms with Crippen molar-refractivity contribution in [2.75, 3.05) is 48.8 Å². The second-order valence-electron chi connectivity index (χ2n) is 16.5. The fourth-order valence-electron chi connectivity index (χ4n) is 8.93. The van der Waals surface area contributed by atoms with Gasteiger partial charge in [0.2, 0.25) is 17.7 Å². The molecule has 2 saturated heterocycles. The van der Waals surface area contributed by atoms with Gasteiger partial charge < -0.3 is 35.4 Å². The van der Waals surface area contributed by atoms with Gasteiger partial charge >= 0.3 is 6.09 Å². The third-order valence-electron chi connectivity index (χ3n) is 12.3. The van der Waals surface area contributed by atoms with Gasteiger partial charge in [-0.1, -0.05) is 117 Å². The van der Waals surface area contributed by atoms with E-state index in [0.29, 0.717) is 62.4 Å². The first kappa shape index (κ1) is 46.0. The van der Waals surface area contributed by atoms with E-state index in [4.69, 9.17) is 4.74 Å². The number of rotatable bonds is 17. The molecule has 2 aliphatic heterocycles. The number of nitrogens with one attached hydrogen (secondary N) is 3. The monoisotopic (exact) mass is 877 g/mol. The van der Waals surface area contributed by atoms with Crippen LogP contribution in [0.4, 0.5) is 21.9 Å². The summed E-state index contributed by atoms with van der Waals surface area (Å²) in [4.78, 5) is 75.3. The lowest BCUT2D eigenvalue weighted by molar-refractivity contribution is -0.141. The number of carbonyl (C=O) groups is 5. The van der Waals surface area contributed by atoms with Gasteiger partial charge in [-0.2, -0.15) is 0 Å². The third kappa shape index (κ3) is 11.4. The molecule has 13 heteroatoms. The number of anilines is 3. The van der Waals surface area contributed by atoms with Gasteiger partial charge in [0, 0.05) is 43.2 Å². The summed E-state index contributed by atoms with van der Waals surface area (Å²) < 4.78 is 4.79. The van der Waals surface area contributed by atoms with Crippen LogP contribution in [-0.2, 0) is 37.0 Å². The highest BCUT2D eigenvalue weighted by Gasteiger charge is 2.40. The highest BCUT2D eigenvalue weighted by molar-refractivity contribution is 5.99. The van der Waals surface area contributed by atoms with E-state index < -0.39 is 30.3 Å². The number of para-hydroxylation sites is 1. The van der Waals surface area contributed by atoms with E-state index in [-0.39, 0.29) is 23.6 Å². The fraction of sp³-hybridized carbons (Fsp3) is 0.327. The number of nitrogens with zero attached hydrogens (tertiary/aromatic N) is 4. The van der Waals surface area contributed by atoms with Crippen molar-refractivity contribution in [3.63, 3.8) is 0 Å². The van der Waals surface area contributed by atoms with Gasteiger partial charge in [0.1, 0.15) is 24.2 Å². The maximum absolute atomic E-state index is 14.2. The number of carbonyl (C=O) groups excluding carboxylic acids is 5. The van der Waals surface area contributed by atoms with Crippen LogP contribution >= 0.6 is 0 Å². The molecule has 0 aromatic heterocycles. The molecule has 7 rings (SSSR count). The van der Waals surface area contributed by atoms with Gasteiger partial charge in [0.25, 0.3) is 5.91 Å². The molecule has 338 valence electrons. The molecular formula is C52H59N7O6. The van der Waals surface area contributed by atoms with Gasteiger partial charge in [-0.15, -0.1) is 0 Å². The van der Waals surface area contributed by atoms with Gasteiger partial charge in [-0.25, -0.2) is 4.79 Å². The van der Waals surface area contributed by atoms with Crippen LogP contribution in [0, 0.1) is 0 Å². The zero-order chi connectivity index (χ0) is 45.7. The Balaban J connectivity index is 0.976. The van der Waals surface area contributed by atoms with Gasteiger partial charge in [0.05, 0.1) is 7.11 Å². The minimum absolute atomic E-state index is 0.0395. The van der Waals surface area contributed by atoms with Crippen LogP contribution < -0.4 is 20.9 Å². The van der Waals surface area contributed by atoms with Crippen molar-refractivity contribution in [2.24, 2.45) is 0 Å². The predicted octanol–water partition coefficient (Wildman–Crippen LogP) is 7.93. The summed E-state index contributed by atoms with van der Waals surface area (Å²) in [5.74, 6) is -0.885. The molecule has 13 nitrogen and oxygen atoms in total. The summed E-state index contributed by atoms with van der Waals surface area (Å²) in [5.41, 5.74) is 5.92. The van der Waals surface area contributed by atoms with Crippen LogP contribution in [0.5, 0.6) is 0 Å². The Bertz CT molecular complexity index is 2360. The van der Waals surface area contributed by atoms with Gasteiger partial charge in [-0.3, -0.25) is 24.1 Å². The number of hydrogen-bond acceptors (Lipinski definition) is 8. The number of hydrogen-bond donors (Lipinski definition) is 3. The van der Waals surface area contributed by atoms with Crippen LogP contribution in [0.3, 0.4) is 0 Å². The molecule has 0 spiro atoms. The second-order valence-corrected chi connectivity index (χ2v) is 16.5. The van der Waals surface area contributed by atoms with Gasteiger partial charge in [0.15, 0.2) is 0 Å². The maximum Gasteiger partial charge on any atom is 0.407 e. The summed E-state index contributed by atoms with van der Waals surface area (Å²) in [6.45, 7) is 7.66. The summed E-state index contributed by atoms with van der Waals surface area (Å²) >= 11 is 0. The van der Waals surface area contributed by atoms with E-state index >= 15 is 0 Å². The summed E-state index contributed by atoms with van der Waals surface area (Å²) in [5, 5.41) is 8.74. The minimum atomic E-state index is -0.995. The van der Waals surface area contributed by atoms with Crippen molar-refractivity contribution in [3.05, 3.63) is 162 Å². The lowest BCUT2D eigenvalue weighted by Crippen LogP contribution is -2.48. The average molecular weight is 878 g/mol. The minimum Gasteiger partial charge on any atom is -0.453 e. The third-order valence-corrected chi connectivity index (χ3v) is 12.3. The summed E-state index contributed by atoms with van der Waals surface area (Å²) in [6, 6.07) is 41.7. The number of ether oxygens (including phenoxy) is 1. The Morgan fingerprint density at radius 3 is 1.51 bits per heavy atom. The Kier molecular flexibility index (Phi) is 15.6. The zero-order valence-electron chi connectivity index (χ0n) is 37.4. The molecule has 3 N–H and O–H groups in total. The van der Waals surface area contributed by atoms with Crippen LogP contribution in [0.2, 0.25) is 0 Å². The van der Waals surface area contributed by atoms with Crippen LogP contribution in [0.1, 0.15) is 73.9 Å². The molecule has 0 radical (unpaired) electrons. The quantitative estimate of drug-likeness (QED) is 0.0855. The summed E-state index contributed by atoms with van der Waals surface area (Å²) in [7, 11) is 1.24. The first-order valence-electron chi connectivity index (χ1n) is 22.6. The zero-order valence-corrected chi connectivity index (χ0v) is 37.4. The molecule has 5 aromatic rings. The van der Waals surface area contributed by atoms with Crippen molar-refractivity contribution in [2.45, 2.75) is 76.8 Å². The number of alkyl carbamates (subject to hydrolysis) is 1. The first-order chi connectivity index (χ1) is 31.7. The first-order valence-corrected chi connectivity index (χ1v) is 22.6. The Hall–Kier alpha value is -6.99. The topological polar surface area (TPSA) is 144 Å². The van der Waals surface area contributed by atoms with Crippen LogP contribution in [-0.4, -0.2) is 89.8 Å². The molecule has 5 aromatic carbocycles. The second kappa shape index (κ2) is 22.1. The molecule has 65 heavy (non-hydrogen) atoms. The average Bonchev–Trinajstić information content (AvgIpc) is 4.06. The largest absolute Gasteiger partial charge is 0.453 e. The molecular weight excluding hydrogens is 819 g/mol.